The normalized spacial score (nSPS) is 24.9. The van der Waals surface area contributed by atoms with E-state index in [2.05, 4.69) is 4.90 Å². The molecule has 4 rings (SSSR count). The molecule has 0 N–H and O–H groups in total. The van der Waals surface area contributed by atoms with Gasteiger partial charge in [-0.15, -0.1) is 0 Å². The quantitative estimate of drug-likeness (QED) is 0.772. The molecule has 132 valence electrons. The van der Waals surface area contributed by atoms with E-state index in [1.165, 1.54) is 12.8 Å². The van der Waals surface area contributed by atoms with Crippen LogP contribution in [-0.4, -0.2) is 64.6 Å². The molecule has 2 heterocycles. The third-order valence-corrected chi connectivity index (χ3v) is 5.43. The number of piperazine rings is 1. The van der Waals surface area contributed by atoms with E-state index >= 15 is 0 Å². The van der Waals surface area contributed by atoms with Crippen LogP contribution in [-0.2, 0) is 14.4 Å². The second-order valence-corrected chi connectivity index (χ2v) is 7.11. The number of likely N-dealkylation sites (tertiary alicyclic amines) is 1. The minimum Gasteiger partial charge on any atom is -0.332 e. The summed E-state index contributed by atoms with van der Waals surface area (Å²) in [5.41, 5.74) is 1.11. The SMILES string of the molecule is O=C1CCC(=O)N1CC(=O)N1CCN(C2CC2)CC1c1ccccc1. The second kappa shape index (κ2) is 6.59. The summed E-state index contributed by atoms with van der Waals surface area (Å²) in [5.74, 6) is -0.592. The molecule has 1 unspecified atom stereocenters. The van der Waals surface area contributed by atoms with Crippen LogP contribution in [0, 0.1) is 0 Å². The summed E-state index contributed by atoms with van der Waals surface area (Å²) in [6.45, 7) is 2.21. The van der Waals surface area contributed by atoms with Gasteiger partial charge in [-0.05, 0) is 18.4 Å². The molecule has 1 aliphatic carbocycles. The fourth-order valence-electron chi connectivity index (χ4n) is 3.86. The van der Waals surface area contributed by atoms with Crippen molar-refractivity contribution in [1.29, 1.82) is 0 Å². The number of nitrogens with zero attached hydrogens (tertiary/aromatic N) is 3. The fraction of sp³-hybridized carbons (Fsp3) is 0.526. The van der Waals surface area contributed by atoms with Gasteiger partial charge in [0.05, 0.1) is 6.04 Å². The Morgan fingerprint density at radius 2 is 1.68 bits per heavy atom. The van der Waals surface area contributed by atoms with Gasteiger partial charge in [0, 0.05) is 38.5 Å². The highest BCUT2D eigenvalue weighted by Gasteiger charge is 2.39. The van der Waals surface area contributed by atoms with Crippen LogP contribution in [0.25, 0.3) is 0 Å². The lowest BCUT2D eigenvalue weighted by Crippen LogP contribution is -2.53. The van der Waals surface area contributed by atoms with Gasteiger partial charge >= 0.3 is 0 Å². The summed E-state index contributed by atoms with van der Waals surface area (Å²) >= 11 is 0. The summed E-state index contributed by atoms with van der Waals surface area (Å²) < 4.78 is 0. The third-order valence-electron chi connectivity index (χ3n) is 5.43. The number of amides is 3. The maximum absolute atomic E-state index is 12.9. The van der Waals surface area contributed by atoms with Gasteiger partial charge in [0.2, 0.25) is 17.7 Å². The Hall–Kier alpha value is -2.21. The Kier molecular flexibility index (Phi) is 4.29. The molecule has 1 atom stereocenters. The van der Waals surface area contributed by atoms with E-state index in [0.717, 1.165) is 23.6 Å². The molecule has 2 saturated heterocycles. The highest BCUT2D eigenvalue weighted by Crippen LogP contribution is 2.33. The minimum absolute atomic E-state index is 0.0177. The number of carbonyl (C=O) groups excluding carboxylic acids is 3. The summed E-state index contributed by atoms with van der Waals surface area (Å²) in [7, 11) is 0. The highest BCUT2D eigenvalue weighted by atomic mass is 16.2. The van der Waals surface area contributed by atoms with Gasteiger partial charge < -0.3 is 4.90 Å². The van der Waals surface area contributed by atoms with Gasteiger partial charge in [-0.25, -0.2) is 0 Å². The molecule has 6 heteroatoms. The molecule has 3 aliphatic rings. The molecule has 6 nitrogen and oxygen atoms in total. The van der Waals surface area contributed by atoms with Crippen molar-refractivity contribution in [3.63, 3.8) is 0 Å². The van der Waals surface area contributed by atoms with Crippen molar-refractivity contribution in [2.24, 2.45) is 0 Å². The molecule has 0 spiro atoms. The monoisotopic (exact) mass is 341 g/mol. The van der Waals surface area contributed by atoms with Crippen molar-refractivity contribution in [2.75, 3.05) is 26.2 Å². The Labute approximate surface area is 147 Å². The minimum atomic E-state index is -0.230. The second-order valence-electron chi connectivity index (χ2n) is 7.11. The molecule has 3 amide bonds. The molecule has 1 saturated carbocycles. The van der Waals surface area contributed by atoms with Crippen molar-refractivity contribution in [3.8, 4) is 0 Å². The molecular weight excluding hydrogens is 318 g/mol. The molecule has 3 fully saturated rings. The summed E-state index contributed by atoms with van der Waals surface area (Å²) in [6, 6.07) is 10.7. The molecule has 25 heavy (non-hydrogen) atoms. The van der Waals surface area contributed by atoms with E-state index in [1.807, 2.05) is 35.2 Å². The first-order valence-corrected chi connectivity index (χ1v) is 9.05. The van der Waals surface area contributed by atoms with E-state index in [9.17, 15) is 14.4 Å². The third kappa shape index (κ3) is 3.31. The predicted molar refractivity (Wildman–Crippen MR) is 91.4 cm³/mol. The van der Waals surface area contributed by atoms with Crippen LogP contribution < -0.4 is 0 Å². The average Bonchev–Trinajstić information content (AvgIpc) is 3.44. The molecule has 2 aliphatic heterocycles. The first kappa shape index (κ1) is 16.3. The zero-order valence-electron chi connectivity index (χ0n) is 14.3. The van der Waals surface area contributed by atoms with Crippen molar-refractivity contribution >= 4 is 17.7 Å². The number of rotatable bonds is 4. The molecule has 1 aromatic carbocycles. The lowest BCUT2D eigenvalue weighted by molar-refractivity contribution is -0.147. The number of imide groups is 1. The molecule has 0 aromatic heterocycles. The maximum atomic E-state index is 12.9. The highest BCUT2D eigenvalue weighted by molar-refractivity contribution is 6.04. The van der Waals surface area contributed by atoms with E-state index in [-0.39, 0.29) is 43.1 Å². The van der Waals surface area contributed by atoms with E-state index in [4.69, 9.17) is 0 Å². The molecule has 0 radical (unpaired) electrons. The van der Waals surface area contributed by atoms with Crippen molar-refractivity contribution < 1.29 is 14.4 Å². The van der Waals surface area contributed by atoms with Crippen molar-refractivity contribution in [1.82, 2.24) is 14.7 Å². The van der Waals surface area contributed by atoms with Gasteiger partial charge in [-0.1, -0.05) is 30.3 Å². The van der Waals surface area contributed by atoms with E-state index in [1.54, 1.807) is 0 Å². The Bertz CT molecular complexity index is 670. The van der Waals surface area contributed by atoms with Crippen LogP contribution in [0.15, 0.2) is 30.3 Å². The zero-order valence-corrected chi connectivity index (χ0v) is 14.3. The van der Waals surface area contributed by atoms with Crippen LogP contribution >= 0.6 is 0 Å². The van der Waals surface area contributed by atoms with E-state index in [0.29, 0.717) is 12.6 Å². The number of hydrogen-bond acceptors (Lipinski definition) is 4. The lowest BCUT2D eigenvalue weighted by atomic mass is 10.0. The maximum Gasteiger partial charge on any atom is 0.243 e. The van der Waals surface area contributed by atoms with Crippen molar-refractivity contribution in [3.05, 3.63) is 35.9 Å². The first-order valence-electron chi connectivity index (χ1n) is 9.05. The van der Waals surface area contributed by atoms with Crippen LogP contribution in [0.3, 0.4) is 0 Å². The van der Waals surface area contributed by atoms with E-state index < -0.39 is 0 Å². The van der Waals surface area contributed by atoms with Gasteiger partial charge in [-0.3, -0.25) is 24.2 Å². The van der Waals surface area contributed by atoms with Gasteiger partial charge in [0.15, 0.2) is 0 Å². The number of benzene rings is 1. The average molecular weight is 341 g/mol. The van der Waals surface area contributed by atoms with Crippen molar-refractivity contribution in [2.45, 2.75) is 37.8 Å². The fourth-order valence-corrected chi connectivity index (χ4v) is 3.86. The topological polar surface area (TPSA) is 60.9 Å². The van der Waals surface area contributed by atoms with Crippen LogP contribution in [0.5, 0.6) is 0 Å². The van der Waals surface area contributed by atoms with Crippen LogP contribution in [0.4, 0.5) is 0 Å². The van der Waals surface area contributed by atoms with Gasteiger partial charge in [-0.2, -0.15) is 0 Å². The predicted octanol–water partition coefficient (Wildman–Crippen LogP) is 1.18. The first-order chi connectivity index (χ1) is 12.1. The largest absolute Gasteiger partial charge is 0.332 e. The smallest absolute Gasteiger partial charge is 0.243 e. The van der Waals surface area contributed by atoms with Crippen LogP contribution in [0.2, 0.25) is 0 Å². The number of hydrogen-bond donors (Lipinski definition) is 0. The summed E-state index contributed by atoms with van der Waals surface area (Å²) in [5, 5.41) is 0. The Morgan fingerprint density at radius 1 is 1.00 bits per heavy atom. The molecule has 1 aromatic rings. The Morgan fingerprint density at radius 3 is 2.32 bits per heavy atom. The van der Waals surface area contributed by atoms with Gasteiger partial charge in [0.1, 0.15) is 6.54 Å². The lowest BCUT2D eigenvalue weighted by Gasteiger charge is -2.42. The van der Waals surface area contributed by atoms with Gasteiger partial charge in [0.25, 0.3) is 0 Å². The summed E-state index contributed by atoms with van der Waals surface area (Å²) in [6.07, 6.45) is 2.94. The Balaban J connectivity index is 1.52. The number of carbonyl (C=O) groups is 3. The zero-order chi connectivity index (χ0) is 17.4. The standard InChI is InChI=1S/C19H23N3O3/c23-17-8-9-18(24)22(17)13-19(25)21-11-10-20(15-6-7-15)12-16(21)14-4-2-1-3-5-14/h1-5,15-16H,6-13H2. The summed E-state index contributed by atoms with van der Waals surface area (Å²) in [4.78, 5) is 42.0. The molecular formula is C19H23N3O3. The van der Waals surface area contributed by atoms with Crippen LogP contribution in [0.1, 0.15) is 37.3 Å². The molecule has 0 bridgehead atoms.